The number of phenolic OH excluding ortho intramolecular Hbond substituents is 1. The number of benzene rings is 2. The Labute approximate surface area is 164 Å². The van der Waals surface area contributed by atoms with Gasteiger partial charge >= 0.3 is 0 Å². The third-order valence-corrected chi connectivity index (χ3v) is 4.69. The first-order valence-electron chi connectivity index (χ1n) is 9.32. The molecule has 1 heterocycles. The molecule has 1 N–H and O–H groups in total. The second-order valence-electron chi connectivity index (χ2n) is 6.92. The lowest BCUT2D eigenvalue weighted by Gasteiger charge is -2.14. The number of nitrogens with zero attached hydrogens (tertiary/aromatic N) is 4. The van der Waals surface area contributed by atoms with Crippen LogP contribution in [0.15, 0.2) is 36.4 Å². The predicted molar refractivity (Wildman–Crippen MR) is 107 cm³/mol. The normalized spacial score (nSPS) is 11.2. The summed E-state index contributed by atoms with van der Waals surface area (Å²) in [6.45, 7) is 5.53. The van der Waals surface area contributed by atoms with Gasteiger partial charge in [-0.2, -0.15) is 0 Å². The summed E-state index contributed by atoms with van der Waals surface area (Å²) < 4.78 is 12.3. The van der Waals surface area contributed by atoms with Gasteiger partial charge in [-0.1, -0.05) is 26.0 Å². The van der Waals surface area contributed by atoms with E-state index in [1.165, 1.54) is 5.56 Å². The quantitative estimate of drug-likeness (QED) is 0.595. The monoisotopic (exact) mass is 382 g/mol. The Morgan fingerprint density at radius 3 is 2.61 bits per heavy atom. The van der Waals surface area contributed by atoms with E-state index in [9.17, 15) is 5.11 Å². The Morgan fingerprint density at radius 1 is 1.07 bits per heavy atom. The molecule has 0 aliphatic carbocycles. The highest BCUT2D eigenvalue weighted by molar-refractivity contribution is 5.78. The van der Waals surface area contributed by atoms with Gasteiger partial charge < -0.3 is 14.6 Å². The van der Waals surface area contributed by atoms with Gasteiger partial charge in [0, 0.05) is 25.8 Å². The van der Waals surface area contributed by atoms with E-state index in [-0.39, 0.29) is 5.75 Å². The maximum Gasteiger partial charge on any atom is 0.185 e. The number of aromatic hydroxyl groups is 1. The van der Waals surface area contributed by atoms with Crippen molar-refractivity contribution in [3.05, 3.63) is 42.0 Å². The topological polar surface area (TPSA) is 82.3 Å². The van der Waals surface area contributed by atoms with E-state index in [1.54, 1.807) is 25.0 Å². The molecule has 3 rings (SSSR count). The van der Waals surface area contributed by atoms with Gasteiger partial charge in [-0.05, 0) is 58.2 Å². The van der Waals surface area contributed by atoms with E-state index in [0.29, 0.717) is 30.5 Å². The Balaban J connectivity index is 2.04. The minimum absolute atomic E-state index is 0.130. The molecule has 0 spiro atoms. The summed E-state index contributed by atoms with van der Waals surface area (Å²) >= 11 is 0. The van der Waals surface area contributed by atoms with Crippen LogP contribution < -0.4 is 4.74 Å². The summed E-state index contributed by atoms with van der Waals surface area (Å²) in [6, 6.07) is 11.6. The van der Waals surface area contributed by atoms with Crippen LogP contribution in [0.4, 0.5) is 0 Å². The van der Waals surface area contributed by atoms with Crippen LogP contribution in [0.2, 0.25) is 0 Å². The molecule has 0 saturated heterocycles. The molecular formula is C21H26N4O3. The fourth-order valence-electron chi connectivity index (χ4n) is 3.10. The number of phenols is 1. The van der Waals surface area contributed by atoms with Crippen molar-refractivity contribution in [3.63, 3.8) is 0 Å². The second-order valence-corrected chi connectivity index (χ2v) is 6.92. The zero-order valence-electron chi connectivity index (χ0n) is 16.7. The van der Waals surface area contributed by atoms with Crippen LogP contribution in [-0.4, -0.2) is 46.1 Å². The highest BCUT2D eigenvalue weighted by Crippen LogP contribution is 2.37. The molecule has 0 unspecified atom stereocenters. The maximum absolute atomic E-state index is 10.5. The SMILES string of the molecule is COCCCn1nnnc1-c1cc(-c2cc(C(C)C)ccc2OC)ccc1O. The van der Waals surface area contributed by atoms with E-state index in [4.69, 9.17) is 9.47 Å². The third-order valence-electron chi connectivity index (χ3n) is 4.69. The number of rotatable bonds is 8. The summed E-state index contributed by atoms with van der Waals surface area (Å²) in [4.78, 5) is 0. The molecule has 0 atom stereocenters. The minimum atomic E-state index is 0.130. The van der Waals surface area contributed by atoms with Crippen molar-refractivity contribution in [2.24, 2.45) is 0 Å². The minimum Gasteiger partial charge on any atom is -0.507 e. The van der Waals surface area contributed by atoms with Crippen molar-refractivity contribution in [1.82, 2.24) is 20.2 Å². The lowest BCUT2D eigenvalue weighted by atomic mass is 9.95. The lowest BCUT2D eigenvalue weighted by molar-refractivity contribution is 0.189. The molecule has 0 saturated carbocycles. The first-order chi connectivity index (χ1) is 13.5. The summed E-state index contributed by atoms with van der Waals surface area (Å²) in [5.41, 5.74) is 3.69. The first kappa shape index (κ1) is 19.8. The number of hydrogen-bond donors (Lipinski definition) is 1. The van der Waals surface area contributed by atoms with E-state index in [1.807, 2.05) is 18.2 Å². The van der Waals surface area contributed by atoms with Crippen molar-refractivity contribution < 1.29 is 14.6 Å². The molecule has 0 aliphatic rings. The van der Waals surface area contributed by atoms with Gasteiger partial charge in [-0.15, -0.1) is 5.10 Å². The van der Waals surface area contributed by atoms with Crippen molar-refractivity contribution >= 4 is 0 Å². The fraction of sp³-hybridized carbons (Fsp3) is 0.381. The number of aromatic nitrogens is 4. The summed E-state index contributed by atoms with van der Waals surface area (Å²) in [7, 11) is 3.32. The molecule has 7 nitrogen and oxygen atoms in total. The van der Waals surface area contributed by atoms with E-state index >= 15 is 0 Å². The largest absolute Gasteiger partial charge is 0.507 e. The van der Waals surface area contributed by atoms with Gasteiger partial charge in [0.25, 0.3) is 0 Å². The van der Waals surface area contributed by atoms with Crippen LogP contribution in [0.1, 0.15) is 31.7 Å². The molecule has 0 amide bonds. The van der Waals surface area contributed by atoms with Crippen LogP contribution in [0.5, 0.6) is 11.5 Å². The molecule has 0 aliphatic heterocycles. The van der Waals surface area contributed by atoms with Crippen LogP contribution in [0.3, 0.4) is 0 Å². The zero-order valence-corrected chi connectivity index (χ0v) is 16.7. The van der Waals surface area contributed by atoms with E-state index in [0.717, 1.165) is 23.3 Å². The van der Waals surface area contributed by atoms with Gasteiger partial charge in [0.15, 0.2) is 5.82 Å². The smallest absolute Gasteiger partial charge is 0.185 e. The van der Waals surface area contributed by atoms with Crippen molar-refractivity contribution in [3.8, 4) is 34.0 Å². The summed E-state index contributed by atoms with van der Waals surface area (Å²) in [5, 5.41) is 22.4. The second kappa shape index (κ2) is 8.84. The highest BCUT2D eigenvalue weighted by atomic mass is 16.5. The van der Waals surface area contributed by atoms with Crippen LogP contribution in [0, 0.1) is 0 Å². The Hall–Kier alpha value is -2.93. The average Bonchev–Trinajstić information content (AvgIpc) is 3.16. The lowest BCUT2D eigenvalue weighted by Crippen LogP contribution is -2.05. The number of aryl methyl sites for hydroxylation is 1. The average molecular weight is 382 g/mol. The van der Waals surface area contributed by atoms with Gasteiger partial charge in [0.1, 0.15) is 11.5 Å². The van der Waals surface area contributed by atoms with E-state index in [2.05, 4.69) is 41.5 Å². The molecule has 28 heavy (non-hydrogen) atoms. The zero-order chi connectivity index (χ0) is 20.1. The van der Waals surface area contributed by atoms with Gasteiger partial charge in [-0.3, -0.25) is 0 Å². The Kier molecular flexibility index (Phi) is 6.26. The number of ether oxygens (including phenoxy) is 2. The third kappa shape index (κ3) is 4.14. The molecule has 2 aromatic carbocycles. The number of tetrazole rings is 1. The molecule has 0 radical (unpaired) electrons. The molecule has 0 fully saturated rings. The molecule has 0 bridgehead atoms. The Morgan fingerprint density at radius 2 is 1.89 bits per heavy atom. The van der Waals surface area contributed by atoms with Crippen molar-refractivity contribution in [1.29, 1.82) is 0 Å². The highest BCUT2D eigenvalue weighted by Gasteiger charge is 2.16. The van der Waals surface area contributed by atoms with Crippen LogP contribution in [0.25, 0.3) is 22.5 Å². The fourth-order valence-corrected chi connectivity index (χ4v) is 3.10. The predicted octanol–water partition coefficient (Wildman–Crippen LogP) is 3.88. The first-order valence-corrected chi connectivity index (χ1v) is 9.32. The standard InChI is InChI=1S/C21H26N4O3/c1-14(2)15-7-9-20(28-4)17(12-15)16-6-8-19(26)18(13-16)21-22-23-24-25(21)10-5-11-27-3/h6-9,12-14,26H,5,10-11H2,1-4H3. The number of hydrogen-bond acceptors (Lipinski definition) is 6. The molecule has 1 aromatic heterocycles. The van der Waals surface area contributed by atoms with Crippen molar-refractivity contribution in [2.45, 2.75) is 32.7 Å². The number of methoxy groups -OCH3 is 2. The molecular weight excluding hydrogens is 356 g/mol. The van der Waals surface area contributed by atoms with Gasteiger partial charge in [0.2, 0.25) is 0 Å². The molecule has 7 heteroatoms. The maximum atomic E-state index is 10.5. The van der Waals surface area contributed by atoms with Gasteiger partial charge in [-0.25, -0.2) is 4.68 Å². The molecule has 3 aromatic rings. The van der Waals surface area contributed by atoms with Gasteiger partial charge in [0.05, 0.1) is 12.7 Å². The Bertz CT molecular complexity index is 937. The van der Waals surface area contributed by atoms with Crippen LogP contribution in [-0.2, 0) is 11.3 Å². The van der Waals surface area contributed by atoms with E-state index < -0.39 is 0 Å². The summed E-state index contributed by atoms with van der Waals surface area (Å²) in [6.07, 6.45) is 0.777. The summed E-state index contributed by atoms with van der Waals surface area (Å²) in [5.74, 6) is 1.83. The van der Waals surface area contributed by atoms with Crippen LogP contribution >= 0.6 is 0 Å². The van der Waals surface area contributed by atoms with Crippen molar-refractivity contribution in [2.75, 3.05) is 20.8 Å². The molecule has 148 valence electrons.